The third-order valence-corrected chi connectivity index (χ3v) is 0. The molecule has 0 rings (SSSR count). The third kappa shape index (κ3) is 1130. The molecular weight excluding hydrogens is 73.5 g/mol. The van der Waals surface area contributed by atoms with Crippen LogP contribution in [0.1, 0.15) is 6.92 Å². The zero-order chi connectivity index (χ0) is 2.71. The lowest BCUT2D eigenvalue weighted by Crippen LogP contribution is -3.00. The highest BCUT2D eigenvalue weighted by Gasteiger charge is 1.26. The van der Waals surface area contributed by atoms with Gasteiger partial charge in [0, 0.05) is 6.92 Å². The highest BCUT2D eigenvalue weighted by molar-refractivity contribution is 5.44. The van der Waals surface area contributed by atoms with Gasteiger partial charge in [-0.25, -0.2) is 0 Å². The van der Waals surface area contributed by atoms with E-state index in [0.717, 1.165) is 0 Å². The van der Waals surface area contributed by atoms with Gasteiger partial charge in [0.05, 0.1) is 0 Å². The van der Waals surface area contributed by atoms with Gasteiger partial charge in [-0.15, -0.1) is 0 Å². The van der Waals surface area contributed by atoms with Gasteiger partial charge in [-0.05, 0) is 0 Å². The van der Waals surface area contributed by atoms with Crippen LogP contribution in [0.3, 0.4) is 0 Å². The predicted octanol–water partition coefficient (Wildman–Crippen LogP) is -4.16. The molecule has 0 heterocycles. The summed E-state index contributed by atoms with van der Waals surface area (Å²) >= 11 is 0. The lowest BCUT2D eigenvalue weighted by molar-refractivity contribution is -0.106. The maximum atomic E-state index is 4.72. The van der Waals surface area contributed by atoms with E-state index in [4.69, 9.17) is 5.41 Å². The van der Waals surface area contributed by atoms with E-state index in [9.17, 15) is 0 Å². The Morgan fingerprint density at radius 3 is 1.75 bits per heavy atom. The van der Waals surface area contributed by atoms with E-state index in [1.807, 2.05) is 0 Å². The Bertz CT molecular complexity index is 13.5. The van der Waals surface area contributed by atoms with E-state index < -0.39 is 0 Å². The molecule has 0 aliphatic heterocycles. The summed E-state index contributed by atoms with van der Waals surface area (Å²) < 4.78 is 0. The molecule has 0 atom stereocenters. The smallest absolute Gasteiger partial charge is 0.133 e. The Kier molecular flexibility index (Phi) is 27.9. The molecule has 0 unspecified atom stereocenters. The molecule has 0 saturated heterocycles. The molecule has 2 heteroatoms. The van der Waals surface area contributed by atoms with Crippen LogP contribution in [0, 0.1) is 0 Å². The molecule has 0 saturated carbocycles. The fraction of sp³-hybridized carbons (Fsp3) is 0.500. The first-order chi connectivity index (χ1) is 1.41. The monoisotopic (exact) mass is 79.0 g/mol. The van der Waals surface area contributed by atoms with Gasteiger partial charge < -0.3 is 12.4 Å². The molecule has 0 aromatic heterocycles. The second kappa shape index (κ2) is 12.3. The fourth-order valence-corrected chi connectivity index (χ4v) is 0. The molecule has 0 aromatic carbocycles. The van der Waals surface area contributed by atoms with Crippen molar-refractivity contribution in [2.24, 2.45) is 0 Å². The number of hydrogen-bond donors (Lipinski definition) is 1. The maximum Gasteiger partial charge on any atom is 0.133 e. The van der Waals surface area contributed by atoms with Crippen LogP contribution in [0.4, 0.5) is 0 Å². The van der Waals surface area contributed by atoms with Gasteiger partial charge in [0.2, 0.25) is 0 Å². The minimum Gasteiger partial charge on any atom is -1.00 e. The van der Waals surface area contributed by atoms with Gasteiger partial charge in [-0.3, -0.25) is 5.41 Å². The molecule has 1 nitrogen and oxygen atoms in total. The number of halogens is 1. The van der Waals surface area contributed by atoms with Crippen molar-refractivity contribution in [3.63, 3.8) is 0 Å². The van der Waals surface area contributed by atoms with Crippen molar-refractivity contribution in [3.8, 4) is 0 Å². The Labute approximate surface area is 31.9 Å². The highest BCUT2D eigenvalue weighted by Crippen LogP contribution is 1.03. The molecular formula is C2H6ClN. The summed E-state index contributed by atoms with van der Waals surface area (Å²) in [6.07, 6.45) is 1.50. The molecule has 2 N–H and O–H groups in total. The summed E-state index contributed by atoms with van der Waals surface area (Å²) in [5, 5.41) is 4.72. The van der Waals surface area contributed by atoms with Crippen LogP contribution in [0.25, 0.3) is 0 Å². The van der Waals surface area contributed by atoms with Crippen LogP contribution in [0.2, 0.25) is 0 Å². The predicted molar refractivity (Wildman–Crippen MR) is 13.7 cm³/mol. The summed E-state index contributed by atoms with van der Waals surface area (Å²) in [5.74, 6) is 0. The van der Waals surface area contributed by atoms with Gasteiger partial charge in [-0.2, -0.15) is 0 Å². The summed E-state index contributed by atoms with van der Waals surface area (Å²) in [6.45, 7) is 1.78. The van der Waals surface area contributed by atoms with E-state index in [2.05, 4.69) is 0 Å². The second-order valence-corrected chi connectivity index (χ2v) is 0.333. The van der Waals surface area contributed by atoms with Crippen LogP contribution in [-0.4, -0.2) is 6.21 Å². The van der Waals surface area contributed by atoms with Crippen molar-refractivity contribution in [2.45, 2.75) is 6.92 Å². The molecule has 0 bridgehead atoms. The molecule has 0 aliphatic rings. The SMILES string of the molecule is CC=[NH2+].[Cl-]. The Hall–Kier alpha value is -0.0400. The van der Waals surface area contributed by atoms with Gasteiger partial charge in [0.1, 0.15) is 6.21 Å². The first-order valence-corrected chi connectivity index (χ1v) is 0.911. The minimum atomic E-state index is 0. The first kappa shape index (κ1) is 9.03. The largest absolute Gasteiger partial charge is 1.00 e. The first-order valence-electron chi connectivity index (χ1n) is 0.911. The van der Waals surface area contributed by atoms with E-state index in [0.29, 0.717) is 0 Å². The van der Waals surface area contributed by atoms with Crippen LogP contribution in [-0.2, 0) is 0 Å². The summed E-state index contributed by atoms with van der Waals surface area (Å²) in [6, 6.07) is 0. The Morgan fingerprint density at radius 1 is 1.75 bits per heavy atom. The minimum absolute atomic E-state index is 0. The average molecular weight is 79.5 g/mol. The highest BCUT2D eigenvalue weighted by atomic mass is 35.5. The van der Waals surface area contributed by atoms with Gasteiger partial charge in [0.15, 0.2) is 0 Å². The molecule has 0 amide bonds. The second-order valence-electron chi connectivity index (χ2n) is 0.333. The zero-order valence-electron chi connectivity index (χ0n) is 2.53. The average Bonchev–Trinajstić information content (AvgIpc) is 0.918. The summed E-state index contributed by atoms with van der Waals surface area (Å²) in [7, 11) is 0. The summed E-state index contributed by atoms with van der Waals surface area (Å²) in [5.41, 5.74) is 0. The van der Waals surface area contributed by atoms with Crippen LogP contribution < -0.4 is 17.8 Å². The molecule has 0 radical (unpaired) electrons. The normalized spacial score (nSPS) is 3.25. The molecule has 4 heavy (non-hydrogen) atoms. The molecule has 0 fully saturated rings. The summed E-state index contributed by atoms with van der Waals surface area (Å²) in [4.78, 5) is 0. The van der Waals surface area contributed by atoms with E-state index in [-0.39, 0.29) is 12.4 Å². The molecule has 0 spiro atoms. The van der Waals surface area contributed by atoms with Crippen molar-refractivity contribution in [1.29, 1.82) is 0 Å². The van der Waals surface area contributed by atoms with Crippen molar-refractivity contribution in [2.75, 3.05) is 0 Å². The van der Waals surface area contributed by atoms with Crippen LogP contribution in [0.5, 0.6) is 0 Å². The lowest BCUT2D eigenvalue weighted by atomic mass is 10.9. The topological polar surface area (TPSA) is 25.6 Å². The fourth-order valence-electron chi connectivity index (χ4n) is 0. The lowest BCUT2D eigenvalue weighted by Gasteiger charge is -1.21. The van der Waals surface area contributed by atoms with E-state index >= 15 is 0 Å². The molecule has 0 aliphatic carbocycles. The molecule has 0 aromatic rings. The van der Waals surface area contributed by atoms with Crippen molar-refractivity contribution in [3.05, 3.63) is 0 Å². The number of rotatable bonds is 0. The van der Waals surface area contributed by atoms with E-state index in [1.165, 1.54) is 6.21 Å². The Balaban J connectivity index is 0. The van der Waals surface area contributed by atoms with Crippen molar-refractivity contribution >= 4 is 6.21 Å². The molecule has 26 valence electrons. The van der Waals surface area contributed by atoms with Crippen molar-refractivity contribution in [1.82, 2.24) is 0 Å². The quantitative estimate of drug-likeness (QED) is 0.285. The number of hydrogen-bond acceptors (Lipinski definition) is 0. The standard InChI is InChI=1S/C2H5N.ClH/c1-2-3;/h2-3H,1H3;1H. The Morgan fingerprint density at radius 2 is 1.75 bits per heavy atom. The van der Waals surface area contributed by atoms with Gasteiger partial charge >= 0.3 is 0 Å². The van der Waals surface area contributed by atoms with Gasteiger partial charge in [0.25, 0.3) is 0 Å². The maximum absolute atomic E-state index is 4.72. The van der Waals surface area contributed by atoms with Gasteiger partial charge in [-0.1, -0.05) is 0 Å². The van der Waals surface area contributed by atoms with E-state index in [1.54, 1.807) is 6.92 Å². The zero-order valence-corrected chi connectivity index (χ0v) is 3.29. The van der Waals surface area contributed by atoms with Crippen molar-refractivity contribution < 1.29 is 17.8 Å². The third-order valence-electron chi connectivity index (χ3n) is 0. The van der Waals surface area contributed by atoms with Crippen LogP contribution in [0.15, 0.2) is 0 Å². The number of nitrogens with two attached hydrogens (primary N) is 1. The van der Waals surface area contributed by atoms with Crippen LogP contribution >= 0.6 is 0 Å².